The molecule has 0 radical (unpaired) electrons. The van der Waals surface area contributed by atoms with Crippen LogP contribution in [0.4, 0.5) is 0 Å². The van der Waals surface area contributed by atoms with E-state index in [9.17, 15) is 4.79 Å². The molecule has 0 spiro atoms. The summed E-state index contributed by atoms with van der Waals surface area (Å²) in [5.74, 6) is 1.69. The number of thioether (sulfide) groups is 1. The van der Waals surface area contributed by atoms with E-state index < -0.39 is 0 Å². The molecular weight excluding hydrogens is 442 g/mol. The van der Waals surface area contributed by atoms with E-state index in [0.717, 1.165) is 11.1 Å². The van der Waals surface area contributed by atoms with E-state index in [4.69, 9.17) is 21.0 Å². The molecule has 7 heteroatoms. The zero-order chi connectivity index (χ0) is 22.1. The van der Waals surface area contributed by atoms with Crippen molar-refractivity contribution in [2.75, 3.05) is 0 Å². The molecule has 32 heavy (non-hydrogen) atoms. The number of oxazole rings is 1. The Balaban J connectivity index is 1.56. The van der Waals surface area contributed by atoms with E-state index in [0.29, 0.717) is 44.2 Å². The lowest BCUT2D eigenvalue weighted by Gasteiger charge is -2.15. The maximum absolute atomic E-state index is 13.4. The first-order valence-electron chi connectivity index (χ1n) is 10.0. The van der Waals surface area contributed by atoms with Crippen LogP contribution in [0.15, 0.2) is 93.4 Å². The third-order valence-corrected chi connectivity index (χ3v) is 6.49. The van der Waals surface area contributed by atoms with Gasteiger partial charge in [-0.15, -0.1) is 0 Å². The van der Waals surface area contributed by atoms with Gasteiger partial charge in [0.15, 0.2) is 10.9 Å². The van der Waals surface area contributed by atoms with E-state index >= 15 is 0 Å². The summed E-state index contributed by atoms with van der Waals surface area (Å²) in [7, 11) is 0. The molecule has 5 aromatic rings. The molecule has 0 amide bonds. The van der Waals surface area contributed by atoms with E-state index in [2.05, 4.69) is 4.98 Å². The van der Waals surface area contributed by atoms with Gasteiger partial charge in [0.1, 0.15) is 0 Å². The number of hydrogen-bond donors (Lipinski definition) is 0. The Bertz CT molecular complexity index is 1480. The third kappa shape index (κ3) is 3.83. The zero-order valence-electron chi connectivity index (χ0n) is 17.2. The summed E-state index contributed by atoms with van der Waals surface area (Å²) < 4.78 is 7.55. The number of para-hydroxylation sites is 1. The van der Waals surface area contributed by atoms with Gasteiger partial charge in [-0.25, -0.2) is 9.97 Å². The molecule has 2 heterocycles. The van der Waals surface area contributed by atoms with Crippen LogP contribution < -0.4 is 5.56 Å². The molecule has 5 rings (SSSR count). The maximum atomic E-state index is 13.4. The predicted octanol–water partition coefficient (Wildman–Crippen LogP) is 6.29. The molecule has 0 aliphatic rings. The number of aromatic nitrogens is 3. The largest absolute Gasteiger partial charge is 0.440 e. The normalized spacial score (nSPS) is 11.2. The molecule has 3 aromatic carbocycles. The number of nitrogens with zero attached hydrogens (tertiary/aromatic N) is 3. The Hall–Kier alpha value is -3.35. The van der Waals surface area contributed by atoms with Crippen molar-refractivity contribution in [2.24, 2.45) is 0 Å². The minimum Gasteiger partial charge on any atom is -0.440 e. The summed E-state index contributed by atoms with van der Waals surface area (Å²) in [6, 6.07) is 22.7. The summed E-state index contributed by atoms with van der Waals surface area (Å²) in [5, 5.41) is 1.70. The minimum atomic E-state index is -0.138. The van der Waals surface area contributed by atoms with Crippen LogP contribution in [-0.4, -0.2) is 14.5 Å². The summed E-state index contributed by atoms with van der Waals surface area (Å²) >= 11 is 7.75. The predicted molar refractivity (Wildman–Crippen MR) is 129 cm³/mol. The fourth-order valence-corrected chi connectivity index (χ4v) is 4.53. The lowest BCUT2D eigenvalue weighted by atomic mass is 10.2. The van der Waals surface area contributed by atoms with Crippen molar-refractivity contribution in [1.82, 2.24) is 14.5 Å². The maximum Gasteiger partial charge on any atom is 0.266 e. The molecule has 0 N–H and O–H groups in total. The van der Waals surface area contributed by atoms with E-state index in [1.54, 1.807) is 16.8 Å². The monoisotopic (exact) mass is 459 g/mol. The molecule has 158 valence electrons. The van der Waals surface area contributed by atoms with Crippen LogP contribution in [0.1, 0.15) is 11.5 Å². The first-order chi connectivity index (χ1) is 15.6. The highest BCUT2D eigenvalue weighted by Crippen LogP contribution is 2.29. The van der Waals surface area contributed by atoms with Crippen molar-refractivity contribution in [3.63, 3.8) is 0 Å². The van der Waals surface area contributed by atoms with Crippen LogP contribution in [0, 0.1) is 6.92 Å². The van der Waals surface area contributed by atoms with E-state index in [1.807, 2.05) is 73.7 Å². The lowest BCUT2D eigenvalue weighted by Crippen LogP contribution is -2.22. The van der Waals surface area contributed by atoms with Crippen LogP contribution in [0.25, 0.3) is 27.9 Å². The highest BCUT2D eigenvalue weighted by Gasteiger charge is 2.17. The van der Waals surface area contributed by atoms with Gasteiger partial charge < -0.3 is 4.42 Å². The van der Waals surface area contributed by atoms with Crippen molar-refractivity contribution in [3.8, 4) is 17.0 Å². The molecule has 0 aliphatic carbocycles. The lowest BCUT2D eigenvalue weighted by molar-refractivity contribution is 0.529. The fraction of sp³-hybridized carbons (Fsp3) is 0.0800. The molecule has 0 unspecified atom stereocenters. The van der Waals surface area contributed by atoms with Crippen LogP contribution in [0.2, 0.25) is 5.02 Å². The van der Waals surface area contributed by atoms with Crippen LogP contribution in [0.3, 0.4) is 0 Å². The topological polar surface area (TPSA) is 60.9 Å². The quantitative estimate of drug-likeness (QED) is 0.228. The van der Waals surface area contributed by atoms with Gasteiger partial charge in [0.25, 0.3) is 5.56 Å². The first-order valence-corrected chi connectivity index (χ1v) is 11.4. The summed E-state index contributed by atoms with van der Waals surface area (Å²) in [6.07, 6.45) is 1.72. The smallest absolute Gasteiger partial charge is 0.266 e. The van der Waals surface area contributed by atoms with Crippen LogP contribution >= 0.6 is 23.4 Å². The van der Waals surface area contributed by atoms with Crippen molar-refractivity contribution in [3.05, 3.63) is 106 Å². The number of halogens is 1. The van der Waals surface area contributed by atoms with E-state index in [-0.39, 0.29) is 5.56 Å². The van der Waals surface area contributed by atoms with Gasteiger partial charge in [0.05, 0.1) is 28.5 Å². The van der Waals surface area contributed by atoms with Crippen molar-refractivity contribution >= 4 is 34.3 Å². The zero-order valence-corrected chi connectivity index (χ0v) is 18.7. The Kier molecular flexibility index (Phi) is 5.55. The second-order valence-electron chi connectivity index (χ2n) is 7.21. The Labute approximate surface area is 193 Å². The fourth-order valence-electron chi connectivity index (χ4n) is 3.50. The molecule has 0 aliphatic heterocycles. The standard InChI is InChI=1S/C25H18ClN3O2S/c1-16-19(26)11-7-13-21(16)29-24(30)18-10-5-6-12-20(18)28-25(29)32-15-23-27-14-22(31-23)17-8-3-2-4-9-17/h2-14H,15H2,1H3. The SMILES string of the molecule is Cc1c(Cl)cccc1-n1c(SCc2ncc(-c3ccccc3)o2)nc2ccccc2c1=O. The van der Waals surface area contributed by atoms with Gasteiger partial charge in [-0.05, 0) is 36.8 Å². The Morgan fingerprint density at radius 2 is 1.78 bits per heavy atom. The molecule has 0 saturated heterocycles. The molecule has 0 bridgehead atoms. The first kappa shape index (κ1) is 20.5. The number of hydrogen-bond acceptors (Lipinski definition) is 5. The Morgan fingerprint density at radius 1 is 1.00 bits per heavy atom. The average molecular weight is 460 g/mol. The van der Waals surface area contributed by atoms with Crippen molar-refractivity contribution in [1.29, 1.82) is 0 Å². The van der Waals surface area contributed by atoms with Crippen LogP contribution in [-0.2, 0) is 5.75 Å². The highest BCUT2D eigenvalue weighted by atomic mass is 35.5. The highest BCUT2D eigenvalue weighted by molar-refractivity contribution is 7.98. The summed E-state index contributed by atoms with van der Waals surface area (Å²) in [4.78, 5) is 22.6. The molecule has 5 nitrogen and oxygen atoms in total. The molecule has 0 fully saturated rings. The van der Waals surface area contributed by atoms with Gasteiger partial charge in [-0.1, -0.05) is 71.9 Å². The molecule has 0 saturated carbocycles. The van der Waals surface area contributed by atoms with Crippen LogP contribution in [0.5, 0.6) is 0 Å². The number of fused-ring (bicyclic) bond motifs is 1. The third-order valence-electron chi connectivity index (χ3n) is 5.16. The molecular formula is C25H18ClN3O2S. The van der Waals surface area contributed by atoms with Gasteiger partial charge in [-0.3, -0.25) is 9.36 Å². The summed E-state index contributed by atoms with van der Waals surface area (Å²) in [5.41, 5.74) is 3.00. The van der Waals surface area contributed by atoms with Gasteiger partial charge >= 0.3 is 0 Å². The summed E-state index contributed by atoms with van der Waals surface area (Å²) in [6.45, 7) is 1.90. The Morgan fingerprint density at radius 3 is 2.62 bits per heavy atom. The van der Waals surface area contributed by atoms with E-state index in [1.165, 1.54) is 11.8 Å². The molecule has 2 aromatic heterocycles. The van der Waals surface area contributed by atoms with Crippen molar-refractivity contribution < 1.29 is 4.42 Å². The second kappa shape index (κ2) is 8.65. The van der Waals surface area contributed by atoms with Gasteiger partial charge in [-0.2, -0.15) is 0 Å². The average Bonchev–Trinajstić information content (AvgIpc) is 3.30. The van der Waals surface area contributed by atoms with Gasteiger partial charge in [0.2, 0.25) is 5.89 Å². The van der Waals surface area contributed by atoms with Gasteiger partial charge in [0, 0.05) is 10.6 Å². The minimum absolute atomic E-state index is 0.138. The second-order valence-corrected chi connectivity index (χ2v) is 8.56. The number of rotatable bonds is 5. The van der Waals surface area contributed by atoms with Crippen molar-refractivity contribution in [2.45, 2.75) is 17.8 Å². The molecule has 0 atom stereocenters. The number of benzene rings is 3.